The van der Waals surface area contributed by atoms with Crippen LogP contribution in [0, 0.1) is 17.0 Å². The summed E-state index contributed by atoms with van der Waals surface area (Å²) < 4.78 is 16.5. The van der Waals surface area contributed by atoms with Crippen molar-refractivity contribution in [3.8, 4) is 11.5 Å². The Kier molecular flexibility index (Phi) is 4.33. The number of nitro benzene ring substituents is 1. The Labute approximate surface area is 137 Å². The van der Waals surface area contributed by atoms with Crippen molar-refractivity contribution in [2.75, 3.05) is 13.2 Å². The number of aryl methyl sites for hydroxylation is 1. The van der Waals surface area contributed by atoms with Gasteiger partial charge in [0.15, 0.2) is 17.6 Å². The van der Waals surface area contributed by atoms with E-state index in [1.54, 1.807) is 19.1 Å². The van der Waals surface area contributed by atoms with Crippen LogP contribution in [0.2, 0.25) is 0 Å². The zero-order chi connectivity index (χ0) is 17.1. The van der Waals surface area contributed by atoms with Crippen molar-refractivity contribution in [3.05, 3.63) is 63.7 Å². The third-order valence-electron chi connectivity index (χ3n) is 3.60. The number of nitro groups is 1. The van der Waals surface area contributed by atoms with Crippen molar-refractivity contribution in [2.24, 2.45) is 0 Å². The molecule has 1 heterocycles. The first-order valence-electron chi connectivity index (χ1n) is 7.35. The molecular formula is C17H15NO6. The Bertz CT molecular complexity index is 788. The topological polar surface area (TPSA) is 87.9 Å². The van der Waals surface area contributed by atoms with Crippen LogP contribution in [0.1, 0.15) is 15.9 Å². The molecule has 0 aliphatic carbocycles. The summed E-state index contributed by atoms with van der Waals surface area (Å²) >= 11 is 0. The third-order valence-corrected chi connectivity index (χ3v) is 3.60. The number of hydrogen-bond acceptors (Lipinski definition) is 6. The summed E-state index contributed by atoms with van der Waals surface area (Å²) in [6.45, 7) is 1.89. The Morgan fingerprint density at radius 3 is 2.75 bits per heavy atom. The van der Waals surface area contributed by atoms with Crippen LogP contribution in [-0.2, 0) is 4.74 Å². The average Bonchev–Trinajstić information content (AvgIpc) is 2.59. The molecule has 0 amide bonds. The van der Waals surface area contributed by atoms with Gasteiger partial charge in [-0.25, -0.2) is 4.79 Å². The number of carbonyl (C=O) groups is 1. The first kappa shape index (κ1) is 15.8. The number of benzene rings is 2. The van der Waals surface area contributed by atoms with Crippen LogP contribution in [0.15, 0.2) is 42.5 Å². The number of rotatable bonds is 4. The average molecular weight is 329 g/mol. The van der Waals surface area contributed by atoms with Crippen LogP contribution in [0.3, 0.4) is 0 Å². The van der Waals surface area contributed by atoms with Gasteiger partial charge in [-0.3, -0.25) is 10.1 Å². The molecule has 0 bridgehead atoms. The highest BCUT2D eigenvalue weighted by atomic mass is 16.6. The number of para-hydroxylation sites is 2. The molecule has 1 aliphatic heterocycles. The van der Waals surface area contributed by atoms with Crippen LogP contribution in [0.25, 0.3) is 0 Å². The fraction of sp³-hybridized carbons (Fsp3) is 0.235. The molecule has 24 heavy (non-hydrogen) atoms. The molecule has 0 aromatic heterocycles. The summed E-state index contributed by atoms with van der Waals surface area (Å²) in [4.78, 5) is 22.4. The van der Waals surface area contributed by atoms with Crippen LogP contribution >= 0.6 is 0 Å². The highest BCUT2D eigenvalue weighted by Crippen LogP contribution is 2.31. The van der Waals surface area contributed by atoms with E-state index >= 15 is 0 Å². The molecule has 0 saturated heterocycles. The van der Waals surface area contributed by atoms with Gasteiger partial charge in [-0.1, -0.05) is 12.1 Å². The minimum Gasteiger partial charge on any atom is -0.486 e. The Hall–Kier alpha value is -3.09. The molecule has 7 nitrogen and oxygen atoms in total. The molecule has 0 fully saturated rings. The van der Waals surface area contributed by atoms with Crippen LogP contribution in [-0.4, -0.2) is 30.2 Å². The van der Waals surface area contributed by atoms with Crippen LogP contribution in [0.4, 0.5) is 5.69 Å². The second-order valence-corrected chi connectivity index (χ2v) is 5.35. The van der Waals surface area contributed by atoms with Gasteiger partial charge in [-0.05, 0) is 31.2 Å². The van der Waals surface area contributed by atoms with E-state index in [4.69, 9.17) is 14.2 Å². The van der Waals surface area contributed by atoms with Gasteiger partial charge < -0.3 is 14.2 Å². The highest BCUT2D eigenvalue weighted by molar-refractivity contribution is 5.90. The maximum absolute atomic E-state index is 12.1. The van der Waals surface area contributed by atoms with E-state index in [9.17, 15) is 14.9 Å². The summed E-state index contributed by atoms with van der Waals surface area (Å²) in [5.74, 6) is 0.706. The molecular weight excluding hydrogens is 314 g/mol. The van der Waals surface area contributed by atoms with Crippen molar-refractivity contribution in [3.63, 3.8) is 0 Å². The fourth-order valence-corrected chi connectivity index (χ4v) is 2.38. The second-order valence-electron chi connectivity index (χ2n) is 5.35. The number of ether oxygens (including phenoxy) is 3. The SMILES string of the molecule is Cc1cc(C(=O)OCC2COc3ccccc3O2)ccc1[N+](=O)[O-]. The quantitative estimate of drug-likeness (QED) is 0.487. The minimum absolute atomic E-state index is 0.0310. The molecule has 0 N–H and O–H groups in total. The lowest BCUT2D eigenvalue weighted by Gasteiger charge is -2.26. The molecule has 0 saturated carbocycles. The van der Waals surface area contributed by atoms with Crippen molar-refractivity contribution in [2.45, 2.75) is 13.0 Å². The molecule has 0 radical (unpaired) electrons. The van der Waals surface area contributed by atoms with Gasteiger partial charge >= 0.3 is 5.97 Å². The summed E-state index contributed by atoms with van der Waals surface area (Å²) in [5, 5.41) is 10.8. The number of fused-ring (bicyclic) bond motifs is 1. The van der Waals surface area contributed by atoms with Gasteiger partial charge in [-0.2, -0.15) is 0 Å². The molecule has 7 heteroatoms. The third kappa shape index (κ3) is 3.29. The number of esters is 1. The standard InChI is InChI=1S/C17H15NO6/c1-11-8-12(6-7-14(11)18(20)21)17(19)23-10-13-9-22-15-4-2-3-5-16(15)24-13/h2-8,13H,9-10H2,1H3. The van der Waals surface area contributed by atoms with Gasteiger partial charge in [0.1, 0.15) is 13.2 Å². The maximum atomic E-state index is 12.1. The maximum Gasteiger partial charge on any atom is 0.338 e. The predicted molar refractivity (Wildman–Crippen MR) is 84.5 cm³/mol. The second kappa shape index (κ2) is 6.57. The summed E-state index contributed by atoms with van der Waals surface area (Å²) in [5.41, 5.74) is 0.628. The monoisotopic (exact) mass is 329 g/mol. The van der Waals surface area contributed by atoms with Gasteiger partial charge in [0.2, 0.25) is 0 Å². The van der Waals surface area contributed by atoms with E-state index in [1.807, 2.05) is 12.1 Å². The molecule has 124 valence electrons. The highest BCUT2D eigenvalue weighted by Gasteiger charge is 2.23. The number of hydrogen-bond donors (Lipinski definition) is 0. The van der Waals surface area contributed by atoms with Crippen molar-refractivity contribution in [1.29, 1.82) is 0 Å². The van der Waals surface area contributed by atoms with Crippen LogP contribution < -0.4 is 9.47 Å². The van der Waals surface area contributed by atoms with Crippen LogP contribution in [0.5, 0.6) is 11.5 Å². The summed E-state index contributed by atoms with van der Waals surface area (Å²) in [6.07, 6.45) is -0.400. The fourth-order valence-electron chi connectivity index (χ4n) is 2.38. The van der Waals surface area contributed by atoms with E-state index in [0.29, 0.717) is 17.1 Å². The molecule has 2 aromatic rings. The normalized spacial score (nSPS) is 15.6. The van der Waals surface area contributed by atoms with Gasteiger partial charge in [0, 0.05) is 11.6 Å². The van der Waals surface area contributed by atoms with Crippen molar-refractivity contribution < 1.29 is 23.9 Å². The van der Waals surface area contributed by atoms with Gasteiger partial charge in [0.05, 0.1) is 10.5 Å². The molecule has 1 atom stereocenters. The van der Waals surface area contributed by atoms with Gasteiger partial charge in [0.25, 0.3) is 5.69 Å². The summed E-state index contributed by atoms with van der Waals surface area (Å²) in [7, 11) is 0. The smallest absolute Gasteiger partial charge is 0.338 e. The minimum atomic E-state index is -0.560. The Morgan fingerprint density at radius 1 is 1.29 bits per heavy atom. The van der Waals surface area contributed by atoms with E-state index in [2.05, 4.69) is 0 Å². The lowest BCUT2D eigenvalue weighted by atomic mass is 10.1. The van der Waals surface area contributed by atoms with E-state index in [1.165, 1.54) is 18.2 Å². The zero-order valence-electron chi connectivity index (χ0n) is 12.9. The zero-order valence-corrected chi connectivity index (χ0v) is 12.9. The molecule has 0 spiro atoms. The summed E-state index contributed by atoms with van der Waals surface area (Å²) in [6, 6.07) is 11.4. The molecule has 1 aliphatic rings. The lowest BCUT2D eigenvalue weighted by Crippen LogP contribution is -2.34. The Morgan fingerprint density at radius 2 is 2.04 bits per heavy atom. The van der Waals surface area contributed by atoms with E-state index < -0.39 is 17.0 Å². The number of carbonyl (C=O) groups excluding carboxylic acids is 1. The first-order valence-corrected chi connectivity index (χ1v) is 7.35. The van der Waals surface area contributed by atoms with Crippen molar-refractivity contribution in [1.82, 2.24) is 0 Å². The molecule has 2 aromatic carbocycles. The first-order chi connectivity index (χ1) is 11.5. The van der Waals surface area contributed by atoms with E-state index in [0.717, 1.165) is 0 Å². The largest absolute Gasteiger partial charge is 0.486 e. The lowest BCUT2D eigenvalue weighted by molar-refractivity contribution is -0.385. The Balaban J connectivity index is 1.60. The van der Waals surface area contributed by atoms with Gasteiger partial charge in [-0.15, -0.1) is 0 Å². The van der Waals surface area contributed by atoms with E-state index in [-0.39, 0.29) is 24.5 Å². The van der Waals surface area contributed by atoms with Crippen molar-refractivity contribution >= 4 is 11.7 Å². The molecule has 1 unspecified atom stereocenters. The molecule has 3 rings (SSSR count). The number of nitrogens with zero attached hydrogens (tertiary/aromatic N) is 1. The predicted octanol–water partition coefficient (Wildman–Crippen LogP) is 2.90.